The molecule has 0 heterocycles. The number of rotatable bonds is 9. The monoisotopic (exact) mass is 480 g/mol. The zero-order valence-electron chi connectivity index (χ0n) is 19.5. The van der Waals surface area contributed by atoms with Crippen molar-refractivity contribution in [2.24, 2.45) is 5.10 Å². The number of carbonyl (C=O) groups excluding carboxylic acids is 2. The number of carbonyl (C=O) groups is 2. The molecule has 0 spiro atoms. The average molecular weight is 480 g/mol. The lowest BCUT2D eigenvalue weighted by atomic mass is 10.1. The van der Waals surface area contributed by atoms with E-state index in [4.69, 9.17) is 23.7 Å². The zero-order valence-corrected chi connectivity index (χ0v) is 19.5. The molecule has 3 aromatic carbocycles. The molecule has 0 aliphatic carbocycles. The highest BCUT2D eigenvalue weighted by atomic mass is 16.6. The Hall–Kier alpha value is -4.73. The van der Waals surface area contributed by atoms with Crippen LogP contribution in [0, 0.1) is 0 Å². The number of ether oxygens (including phenoxy) is 5. The van der Waals surface area contributed by atoms with Crippen LogP contribution in [-0.2, 0) is 0 Å². The Balaban J connectivity index is 1.75. The lowest BCUT2D eigenvalue weighted by Crippen LogP contribution is -2.17. The summed E-state index contributed by atoms with van der Waals surface area (Å²) < 4.78 is 26.7. The van der Waals surface area contributed by atoms with Crippen molar-refractivity contribution >= 4 is 18.1 Å². The summed E-state index contributed by atoms with van der Waals surface area (Å²) in [5.74, 6) is 0.0124. The normalized spacial score (nSPS) is 10.5. The summed E-state index contributed by atoms with van der Waals surface area (Å²) in [4.78, 5) is 24.9. The quantitative estimate of drug-likeness (QED) is 0.207. The average Bonchev–Trinajstić information content (AvgIpc) is 2.88. The van der Waals surface area contributed by atoms with Gasteiger partial charge in [-0.2, -0.15) is 5.10 Å². The third kappa shape index (κ3) is 5.80. The molecule has 3 rings (SSSR count). The number of benzene rings is 3. The maximum Gasteiger partial charge on any atom is 0.343 e. The van der Waals surface area contributed by atoms with Crippen molar-refractivity contribution in [3.05, 3.63) is 71.3 Å². The second-order valence-electron chi connectivity index (χ2n) is 6.93. The molecular weight excluding hydrogens is 456 g/mol. The number of hydrogen-bond acceptors (Lipinski definition) is 9. The number of nitrogens with zero attached hydrogens (tertiary/aromatic N) is 1. The Morgan fingerprint density at radius 3 is 2.09 bits per heavy atom. The molecule has 0 aliphatic rings. The predicted molar refractivity (Wildman–Crippen MR) is 127 cm³/mol. The van der Waals surface area contributed by atoms with E-state index in [1.807, 2.05) is 0 Å². The van der Waals surface area contributed by atoms with Crippen LogP contribution in [0.25, 0.3) is 0 Å². The predicted octanol–water partition coefficient (Wildman–Crippen LogP) is 3.41. The van der Waals surface area contributed by atoms with Crippen molar-refractivity contribution in [1.82, 2.24) is 5.43 Å². The van der Waals surface area contributed by atoms with Crippen molar-refractivity contribution in [2.45, 2.75) is 0 Å². The van der Waals surface area contributed by atoms with E-state index in [0.29, 0.717) is 22.8 Å². The number of amides is 1. The van der Waals surface area contributed by atoms with Crippen LogP contribution >= 0.6 is 0 Å². The van der Waals surface area contributed by atoms with Crippen LogP contribution in [0.3, 0.4) is 0 Å². The van der Waals surface area contributed by atoms with Crippen LogP contribution in [0.1, 0.15) is 26.3 Å². The first kappa shape index (κ1) is 24.9. The summed E-state index contributed by atoms with van der Waals surface area (Å²) in [6, 6.07) is 13.8. The highest BCUT2D eigenvalue weighted by molar-refractivity contribution is 5.97. The zero-order chi connectivity index (χ0) is 25.4. The molecule has 182 valence electrons. The van der Waals surface area contributed by atoms with Crippen LogP contribution < -0.4 is 29.1 Å². The lowest BCUT2D eigenvalue weighted by molar-refractivity contribution is 0.0728. The molecule has 0 aromatic heterocycles. The van der Waals surface area contributed by atoms with E-state index in [2.05, 4.69) is 10.5 Å². The van der Waals surface area contributed by atoms with Crippen molar-refractivity contribution in [1.29, 1.82) is 0 Å². The van der Waals surface area contributed by atoms with Gasteiger partial charge in [-0.25, -0.2) is 10.2 Å². The molecule has 0 aliphatic heterocycles. The van der Waals surface area contributed by atoms with Crippen LogP contribution in [0.5, 0.6) is 34.5 Å². The molecule has 0 atom stereocenters. The van der Waals surface area contributed by atoms with E-state index in [0.717, 1.165) is 0 Å². The van der Waals surface area contributed by atoms with E-state index in [9.17, 15) is 14.7 Å². The second-order valence-corrected chi connectivity index (χ2v) is 6.93. The molecule has 0 saturated heterocycles. The number of hydrazone groups is 1. The van der Waals surface area contributed by atoms with Crippen molar-refractivity contribution in [3.63, 3.8) is 0 Å². The summed E-state index contributed by atoms with van der Waals surface area (Å²) >= 11 is 0. The Kier molecular flexibility index (Phi) is 8.12. The fourth-order valence-electron chi connectivity index (χ4n) is 3.10. The first-order valence-electron chi connectivity index (χ1n) is 10.2. The third-order valence-corrected chi connectivity index (χ3v) is 4.82. The Bertz CT molecular complexity index is 1230. The van der Waals surface area contributed by atoms with Gasteiger partial charge in [0, 0.05) is 0 Å². The van der Waals surface area contributed by atoms with Crippen LogP contribution in [-0.4, -0.2) is 51.6 Å². The number of hydrogen-bond donors (Lipinski definition) is 2. The summed E-state index contributed by atoms with van der Waals surface area (Å²) in [6.07, 6.45) is 1.38. The van der Waals surface area contributed by atoms with Gasteiger partial charge >= 0.3 is 5.97 Å². The number of nitrogens with one attached hydrogen (secondary N) is 1. The van der Waals surface area contributed by atoms with Gasteiger partial charge in [-0.1, -0.05) is 12.1 Å². The molecule has 10 nitrogen and oxygen atoms in total. The number of aromatic hydroxyl groups is 1. The van der Waals surface area contributed by atoms with Crippen LogP contribution in [0.2, 0.25) is 0 Å². The molecule has 0 radical (unpaired) electrons. The fraction of sp³-hybridized carbons (Fsp3) is 0.160. The van der Waals surface area contributed by atoms with Gasteiger partial charge in [0.2, 0.25) is 5.75 Å². The van der Waals surface area contributed by atoms with Gasteiger partial charge < -0.3 is 28.8 Å². The summed E-state index contributed by atoms with van der Waals surface area (Å²) in [7, 11) is 5.78. The Morgan fingerprint density at radius 2 is 1.49 bits per heavy atom. The number of esters is 1. The fourth-order valence-corrected chi connectivity index (χ4v) is 3.10. The minimum absolute atomic E-state index is 0.0938. The Morgan fingerprint density at radius 1 is 0.829 bits per heavy atom. The molecule has 2 N–H and O–H groups in total. The maximum atomic E-state index is 12.8. The van der Waals surface area contributed by atoms with Crippen LogP contribution in [0.15, 0.2) is 59.7 Å². The first-order valence-corrected chi connectivity index (χ1v) is 10.2. The van der Waals surface area contributed by atoms with E-state index in [1.54, 1.807) is 24.3 Å². The number of para-hydroxylation sites is 1. The van der Waals surface area contributed by atoms with Crippen molar-refractivity contribution < 1.29 is 38.4 Å². The largest absolute Gasteiger partial charge is 0.507 e. The molecule has 10 heteroatoms. The van der Waals surface area contributed by atoms with Gasteiger partial charge in [0.25, 0.3) is 5.91 Å². The number of methoxy groups -OCH3 is 4. The van der Waals surface area contributed by atoms with Gasteiger partial charge in [-0.3, -0.25) is 4.79 Å². The van der Waals surface area contributed by atoms with E-state index >= 15 is 0 Å². The first-order chi connectivity index (χ1) is 16.9. The van der Waals surface area contributed by atoms with Crippen molar-refractivity contribution in [3.8, 4) is 34.5 Å². The molecule has 0 saturated carbocycles. The molecule has 1 amide bonds. The summed E-state index contributed by atoms with van der Waals surface area (Å²) in [5.41, 5.74) is 3.17. The van der Waals surface area contributed by atoms with Gasteiger partial charge in [0.15, 0.2) is 23.0 Å². The molecular formula is C25H24N2O8. The van der Waals surface area contributed by atoms with Crippen LogP contribution in [0.4, 0.5) is 0 Å². The van der Waals surface area contributed by atoms with Gasteiger partial charge in [-0.15, -0.1) is 0 Å². The van der Waals surface area contributed by atoms with Crippen molar-refractivity contribution in [2.75, 3.05) is 28.4 Å². The third-order valence-electron chi connectivity index (χ3n) is 4.82. The minimum atomic E-state index is -0.668. The van der Waals surface area contributed by atoms with Gasteiger partial charge in [0.05, 0.1) is 45.8 Å². The number of phenolic OH excluding ortho intramolecular Hbond substituents is 1. The highest BCUT2D eigenvalue weighted by Gasteiger charge is 2.19. The lowest BCUT2D eigenvalue weighted by Gasteiger charge is -2.14. The van der Waals surface area contributed by atoms with E-state index < -0.39 is 11.9 Å². The minimum Gasteiger partial charge on any atom is -0.507 e. The van der Waals surface area contributed by atoms with Gasteiger partial charge in [-0.05, 0) is 48.0 Å². The maximum absolute atomic E-state index is 12.8. The molecule has 35 heavy (non-hydrogen) atoms. The van der Waals surface area contributed by atoms with Gasteiger partial charge in [0.1, 0.15) is 5.75 Å². The molecule has 0 bridgehead atoms. The van der Waals surface area contributed by atoms with E-state index in [1.165, 1.54) is 65.0 Å². The highest BCUT2D eigenvalue weighted by Crippen LogP contribution is 2.38. The standard InChI is InChI=1S/C25H24N2O8/c1-31-20-11-15(14-26-27-24(29)17-7-5-6-8-18(17)28)9-10-19(20)35-25(30)16-12-21(32-2)23(34-4)22(13-16)33-3/h5-14,28H,1-4H3,(H,27,29)/b26-14+. The summed E-state index contributed by atoms with van der Waals surface area (Å²) in [6.45, 7) is 0. The Labute approximate surface area is 201 Å². The molecule has 0 unspecified atom stereocenters. The SMILES string of the molecule is COc1cc(/C=N/NC(=O)c2ccccc2O)ccc1OC(=O)c1cc(OC)c(OC)c(OC)c1. The van der Waals surface area contributed by atoms with E-state index in [-0.39, 0.29) is 28.4 Å². The molecule has 0 fully saturated rings. The number of phenols is 1. The molecule has 3 aromatic rings. The second kappa shape index (κ2) is 11.4. The topological polar surface area (TPSA) is 125 Å². The smallest absolute Gasteiger partial charge is 0.343 e. The summed E-state index contributed by atoms with van der Waals surface area (Å²) in [5, 5.41) is 13.6.